The van der Waals surface area contributed by atoms with Gasteiger partial charge in [-0.1, -0.05) is 0 Å². The first-order valence-electron chi connectivity index (χ1n) is 1.84. The average Bonchev–Trinajstić information content (AvgIpc) is 1.54. The van der Waals surface area contributed by atoms with Crippen LogP contribution in [0.5, 0.6) is 0 Å². The van der Waals surface area contributed by atoms with Crippen LogP contribution < -0.4 is 30.6 Å². The Morgan fingerprint density at radius 1 is 0.421 bits per heavy atom. The summed E-state index contributed by atoms with van der Waals surface area (Å²) < 4.78 is 0. The standard InChI is InChI=1S/3CH2O3.2Ce.5H2O/c3*2-1(3)4;;;;;;;/h3*(H2,2,3,4);;;5*1H2/q;;;2*+3;;;;;/p-6. The molecule has 0 aliphatic heterocycles. The molecule has 2 radical (unpaired) electrons. The van der Waals surface area contributed by atoms with Crippen LogP contribution in [0.15, 0.2) is 0 Å². The fraction of sp³-hybridized carbons (Fsp3) is 0. The van der Waals surface area contributed by atoms with Gasteiger partial charge in [0.1, 0.15) is 0 Å². The maximum atomic E-state index is 8.33. The zero-order valence-electron chi connectivity index (χ0n) is 8.67. The van der Waals surface area contributed by atoms with Crippen LogP contribution in [0.4, 0.5) is 14.4 Å². The van der Waals surface area contributed by atoms with Gasteiger partial charge in [-0.3, -0.25) is 0 Å². The summed E-state index contributed by atoms with van der Waals surface area (Å²) in [7, 11) is 0. The molecule has 0 aromatic carbocycles. The van der Waals surface area contributed by atoms with E-state index in [9.17, 15) is 0 Å². The summed E-state index contributed by atoms with van der Waals surface area (Å²) in [4.78, 5) is 25.0. The second-order valence-corrected chi connectivity index (χ2v) is 0.750. The molecule has 0 aliphatic carbocycles. The summed E-state index contributed by atoms with van der Waals surface area (Å²) in [5.74, 6) is 0. The molecule has 0 aliphatic rings. The number of hydrogen-bond acceptors (Lipinski definition) is 9. The Balaban J connectivity index is -0.00000000675. The minimum absolute atomic E-state index is 0. The van der Waals surface area contributed by atoms with Crippen molar-refractivity contribution in [1.29, 1.82) is 0 Å². The fourth-order valence-electron chi connectivity index (χ4n) is 0. The maximum absolute atomic E-state index is 8.33. The van der Waals surface area contributed by atoms with Gasteiger partial charge in [-0.2, -0.15) is 0 Å². The Morgan fingerprint density at radius 3 is 0.421 bits per heavy atom. The van der Waals surface area contributed by atoms with E-state index in [1.807, 2.05) is 0 Å². The van der Waals surface area contributed by atoms with Crippen molar-refractivity contribution in [3.8, 4) is 0 Å². The van der Waals surface area contributed by atoms with Gasteiger partial charge >= 0.3 is 83.5 Å². The Labute approximate surface area is 172 Å². The topological polar surface area (TPSA) is 347 Å². The summed E-state index contributed by atoms with van der Waals surface area (Å²) in [6.07, 6.45) is -7.00. The van der Waals surface area contributed by atoms with Crippen molar-refractivity contribution < 1.29 is 156 Å². The molecule has 0 saturated carbocycles. The third kappa shape index (κ3) is 37300. The van der Waals surface area contributed by atoms with E-state index in [0.29, 0.717) is 0 Å². The summed E-state index contributed by atoms with van der Waals surface area (Å²) in [5, 5.41) is 50.0. The van der Waals surface area contributed by atoms with Crippen LogP contribution in [0.2, 0.25) is 0 Å². The van der Waals surface area contributed by atoms with Crippen LogP contribution in [0.3, 0.4) is 0 Å². The van der Waals surface area contributed by atoms with Gasteiger partial charge in [-0.15, -0.1) is 0 Å². The Bertz CT molecular complexity index is 118. The molecule has 0 rings (SSSR count). The zero-order valence-corrected chi connectivity index (χ0v) is 15.0. The summed E-state index contributed by atoms with van der Waals surface area (Å²) >= 11 is 0. The van der Waals surface area contributed by atoms with Crippen molar-refractivity contribution in [2.24, 2.45) is 0 Å². The second kappa shape index (κ2) is 63.1. The molecule has 0 amide bonds. The SMILES string of the molecule is O.O.O.O.O.O=C([O-])[O-].O=C([O-])[O-].O=C([O-])[O-].[Ce+3].[Ce+3]. The number of carbonyl (C=O) groups is 3. The van der Waals surface area contributed by atoms with E-state index in [1.54, 1.807) is 0 Å². The Kier molecular flexibility index (Phi) is 248. The summed E-state index contributed by atoms with van der Waals surface area (Å²) in [6, 6.07) is 0. The van der Waals surface area contributed by atoms with E-state index in [2.05, 4.69) is 0 Å². The molecule has 0 unspecified atom stereocenters. The quantitative estimate of drug-likeness (QED) is 0.276. The van der Waals surface area contributed by atoms with Gasteiger partial charge < -0.3 is 72.4 Å². The minimum atomic E-state index is -2.33. The largest absolute Gasteiger partial charge is 3.00 e. The van der Waals surface area contributed by atoms with Crippen LogP contribution in [-0.2, 0) is 0 Å². The zero-order chi connectivity index (χ0) is 10.7. The van der Waals surface area contributed by atoms with E-state index in [1.165, 1.54) is 0 Å². The fourth-order valence-corrected chi connectivity index (χ4v) is 0. The Hall–Kier alpha value is 0.363. The van der Waals surface area contributed by atoms with Gasteiger partial charge in [-0.05, 0) is 18.5 Å². The van der Waals surface area contributed by atoms with E-state index in [4.69, 9.17) is 45.0 Å². The number of carbonyl (C=O) groups excluding carboxylic acids is 3. The molecule has 0 saturated heterocycles. The van der Waals surface area contributed by atoms with Crippen LogP contribution in [0.25, 0.3) is 0 Å². The third-order valence-electron chi connectivity index (χ3n) is 0. The molecular weight excluding hydrogens is 540 g/mol. The molecule has 19 heavy (non-hydrogen) atoms. The molecule has 0 bridgehead atoms. The van der Waals surface area contributed by atoms with Crippen molar-refractivity contribution in [1.82, 2.24) is 0 Å². The number of carboxylic acid groups (broad SMARTS) is 6. The first-order chi connectivity index (χ1) is 5.20. The third-order valence-corrected chi connectivity index (χ3v) is 0. The number of rotatable bonds is 0. The normalized spacial score (nSPS) is 3.79. The van der Waals surface area contributed by atoms with E-state index in [0.717, 1.165) is 0 Å². The molecule has 10 N–H and O–H groups in total. The van der Waals surface area contributed by atoms with E-state index >= 15 is 0 Å². The van der Waals surface area contributed by atoms with Gasteiger partial charge in [0.15, 0.2) is 0 Å². The molecule has 0 spiro atoms. The maximum Gasteiger partial charge on any atom is 3.00 e. The smallest absolute Gasteiger partial charge is 0.652 e. The van der Waals surface area contributed by atoms with Crippen molar-refractivity contribution in [2.75, 3.05) is 0 Å². The van der Waals surface area contributed by atoms with Gasteiger partial charge in [0.05, 0.1) is 0 Å². The predicted octanol–water partition coefficient (Wildman–Crippen LogP) is -11.5. The van der Waals surface area contributed by atoms with Crippen LogP contribution in [-0.4, -0.2) is 45.8 Å². The van der Waals surface area contributed by atoms with Gasteiger partial charge in [0, 0.05) is 0 Å². The first kappa shape index (κ1) is 74.5. The summed E-state index contributed by atoms with van der Waals surface area (Å²) in [5.41, 5.74) is 0. The molecule has 14 nitrogen and oxygen atoms in total. The molecule has 0 aromatic rings. The predicted molar refractivity (Wildman–Crippen MR) is 34.3 cm³/mol. The second-order valence-electron chi connectivity index (χ2n) is 0.750. The van der Waals surface area contributed by atoms with E-state index < -0.39 is 18.5 Å². The Morgan fingerprint density at radius 2 is 0.421 bits per heavy atom. The minimum Gasteiger partial charge on any atom is -0.652 e. The van der Waals surface area contributed by atoms with Crippen LogP contribution >= 0.6 is 0 Å². The van der Waals surface area contributed by atoms with Crippen molar-refractivity contribution in [3.05, 3.63) is 0 Å². The molecule has 0 fully saturated rings. The molecule has 0 aromatic heterocycles. The van der Waals surface area contributed by atoms with Crippen molar-refractivity contribution in [3.63, 3.8) is 0 Å². The molecule has 114 valence electrons. The molecule has 0 heterocycles. The summed E-state index contributed by atoms with van der Waals surface area (Å²) in [6.45, 7) is 0. The van der Waals surface area contributed by atoms with Gasteiger partial charge in [0.2, 0.25) is 0 Å². The number of hydrogen-bond donors (Lipinski definition) is 0. The molecular formula is C3H10Ce2O14. The molecule has 16 heteroatoms. The van der Waals surface area contributed by atoms with Crippen molar-refractivity contribution >= 4 is 18.5 Å². The van der Waals surface area contributed by atoms with Gasteiger partial charge in [-0.25, -0.2) is 0 Å². The van der Waals surface area contributed by atoms with Crippen LogP contribution in [0.1, 0.15) is 0 Å². The average molecular weight is 550 g/mol. The van der Waals surface area contributed by atoms with E-state index in [-0.39, 0.29) is 111 Å². The van der Waals surface area contributed by atoms with Gasteiger partial charge in [0.25, 0.3) is 0 Å². The van der Waals surface area contributed by atoms with Crippen molar-refractivity contribution in [2.45, 2.75) is 0 Å². The monoisotopic (exact) mass is 550 g/mol. The van der Waals surface area contributed by atoms with Crippen LogP contribution in [0, 0.1) is 83.5 Å². The first-order valence-corrected chi connectivity index (χ1v) is 1.84. The molecule has 0 atom stereocenters.